The van der Waals surface area contributed by atoms with Gasteiger partial charge in [-0.25, -0.2) is 0 Å². The van der Waals surface area contributed by atoms with Crippen LogP contribution in [0.15, 0.2) is 0 Å². The smallest absolute Gasteiger partial charge is 0.308 e. The van der Waals surface area contributed by atoms with E-state index in [9.17, 15) is 4.79 Å². The molecule has 0 aliphatic heterocycles. The molecule has 0 rings (SSSR count). The summed E-state index contributed by atoms with van der Waals surface area (Å²) in [4.78, 5) is 11.3. The van der Waals surface area contributed by atoms with E-state index in [4.69, 9.17) is 10.2 Å². The Balaban J connectivity index is 3.27. The van der Waals surface area contributed by atoms with Gasteiger partial charge in [-0.05, 0) is 13.3 Å². The van der Waals surface area contributed by atoms with Gasteiger partial charge in [-0.3, -0.25) is 4.79 Å². The summed E-state index contributed by atoms with van der Waals surface area (Å²) in [6, 6.07) is 0. The van der Waals surface area contributed by atoms with E-state index in [0.29, 0.717) is 6.42 Å². The van der Waals surface area contributed by atoms with Crippen molar-refractivity contribution in [2.75, 3.05) is 0 Å². The molecule has 0 radical (unpaired) electrons. The molecule has 0 aliphatic carbocycles. The molecule has 4 nitrogen and oxygen atoms in total. The molecule has 0 aliphatic rings. The third-order valence-corrected chi connectivity index (χ3v) is 3.15. The van der Waals surface area contributed by atoms with Crippen molar-refractivity contribution in [3.63, 3.8) is 0 Å². The van der Waals surface area contributed by atoms with Crippen LogP contribution in [0, 0.1) is 0 Å². The van der Waals surface area contributed by atoms with Crippen molar-refractivity contribution in [3.8, 4) is 0 Å². The second-order valence-corrected chi connectivity index (χ2v) is 5.20. The molecule has 0 fully saturated rings. The van der Waals surface area contributed by atoms with Crippen LogP contribution in [-0.4, -0.2) is 28.6 Å². The molecule has 0 heterocycles. The monoisotopic (exact) mass is 274 g/mol. The Labute approximate surface area is 117 Å². The van der Waals surface area contributed by atoms with Crippen LogP contribution < -0.4 is 0 Å². The molecule has 0 amide bonds. The van der Waals surface area contributed by atoms with Crippen molar-refractivity contribution in [3.05, 3.63) is 0 Å². The number of carbonyl (C=O) groups excluding carboxylic acids is 1. The van der Waals surface area contributed by atoms with Gasteiger partial charge in [-0.15, -0.1) is 0 Å². The Morgan fingerprint density at radius 2 is 1.42 bits per heavy atom. The molecule has 2 atom stereocenters. The minimum absolute atomic E-state index is 0.319. The van der Waals surface area contributed by atoms with E-state index in [2.05, 4.69) is 11.7 Å². The molecule has 0 aromatic heterocycles. The summed E-state index contributed by atoms with van der Waals surface area (Å²) in [7, 11) is 0. The van der Waals surface area contributed by atoms with E-state index in [1.165, 1.54) is 45.4 Å². The predicted molar refractivity (Wildman–Crippen MR) is 75.6 cm³/mol. The minimum atomic E-state index is -1.40. The Kier molecular flexibility index (Phi) is 12.0. The fourth-order valence-corrected chi connectivity index (χ4v) is 1.87. The second-order valence-electron chi connectivity index (χ2n) is 5.20. The van der Waals surface area contributed by atoms with Crippen molar-refractivity contribution in [1.29, 1.82) is 0 Å². The first-order valence-electron chi connectivity index (χ1n) is 7.63. The normalized spacial score (nSPS) is 14.1. The molecule has 0 aromatic carbocycles. The lowest BCUT2D eigenvalue weighted by Gasteiger charge is -2.14. The standard InChI is InChI=1S/C15H30O4/c1-3-4-5-6-7-8-9-10-11-12-14(17)19-15(18)13(2)16/h13,15-16,18H,3-12H2,1-2H3. The van der Waals surface area contributed by atoms with E-state index in [0.717, 1.165) is 19.3 Å². The Morgan fingerprint density at radius 1 is 0.947 bits per heavy atom. The molecule has 0 saturated heterocycles. The van der Waals surface area contributed by atoms with Crippen molar-refractivity contribution >= 4 is 5.97 Å². The van der Waals surface area contributed by atoms with E-state index in [-0.39, 0.29) is 0 Å². The zero-order chi connectivity index (χ0) is 14.5. The highest BCUT2D eigenvalue weighted by Crippen LogP contribution is 2.11. The van der Waals surface area contributed by atoms with Crippen molar-refractivity contribution in [2.45, 2.75) is 90.4 Å². The van der Waals surface area contributed by atoms with Crippen LogP contribution in [0.25, 0.3) is 0 Å². The molecule has 4 heteroatoms. The molecular formula is C15H30O4. The minimum Gasteiger partial charge on any atom is -0.433 e. The van der Waals surface area contributed by atoms with Gasteiger partial charge in [0, 0.05) is 6.42 Å². The number of hydrogen-bond acceptors (Lipinski definition) is 4. The summed E-state index contributed by atoms with van der Waals surface area (Å²) < 4.78 is 4.65. The number of carbonyl (C=O) groups is 1. The molecule has 114 valence electrons. The maximum atomic E-state index is 11.3. The quantitative estimate of drug-likeness (QED) is 0.326. The maximum absolute atomic E-state index is 11.3. The third-order valence-electron chi connectivity index (χ3n) is 3.15. The van der Waals surface area contributed by atoms with E-state index in [1.807, 2.05) is 0 Å². The highest BCUT2D eigenvalue weighted by Gasteiger charge is 2.15. The summed E-state index contributed by atoms with van der Waals surface area (Å²) in [5.74, 6) is -0.434. The van der Waals surface area contributed by atoms with Crippen molar-refractivity contribution < 1.29 is 19.7 Å². The van der Waals surface area contributed by atoms with Gasteiger partial charge in [-0.1, -0.05) is 58.3 Å². The van der Waals surface area contributed by atoms with Gasteiger partial charge in [0.15, 0.2) is 0 Å². The van der Waals surface area contributed by atoms with Crippen LogP contribution >= 0.6 is 0 Å². The fourth-order valence-electron chi connectivity index (χ4n) is 1.87. The topological polar surface area (TPSA) is 66.8 Å². The number of esters is 1. The van der Waals surface area contributed by atoms with Gasteiger partial charge in [0.05, 0.1) is 0 Å². The molecule has 0 spiro atoms. The predicted octanol–water partition coefficient (Wildman–Crippen LogP) is 3.15. The number of unbranched alkanes of at least 4 members (excludes halogenated alkanes) is 8. The van der Waals surface area contributed by atoms with Crippen LogP contribution in [0.4, 0.5) is 0 Å². The number of aliphatic hydroxyl groups excluding tert-OH is 2. The number of rotatable bonds is 12. The van der Waals surface area contributed by atoms with E-state index < -0.39 is 18.4 Å². The van der Waals surface area contributed by atoms with Crippen LogP contribution in [0.2, 0.25) is 0 Å². The largest absolute Gasteiger partial charge is 0.433 e. The lowest BCUT2D eigenvalue weighted by atomic mass is 10.1. The first-order chi connectivity index (χ1) is 9.07. The lowest BCUT2D eigenvalue weighted by Crippen LogP contribution is -2.28. The summed E-state index contributed by atoms with van der Waals surface area (Å²) in [5, 5.41) is 18.1. The van der Waals surface area contributed by atoms with Crippen LogP contribution in [0.5, 0.6) is 0 Å². The first kappa shape index (κ1) is 18.4. The summed E-state index contributed by atoms with van der Waals surface area (Å²) in [6.07, 6.45) is 8.62. The van der Waals surface area contributed by atoms with Crippen LogP contribution in [0.3, 0.4) is 0 Å². The molecule has 0 bridgehead atoms. The third kappa shape index (κ3) is 12.2. The maximum Gasteiger partial charge on any atom is 0.308 e. The number of ether oxygens (including phenoxy) is 1. The molecule has 0 aromatic rings. The molecule has 2 unspecified atom stereocenters. The zero-order valence-electron chi connectivity index (χ0n) is 12.4. The van der Waals surface area contributed by atoms with Crippen molar-refractivity contribution in [2.24, 2.45) is 0 Å². The van der Waals surface area contributed by atoms with E-state index >= 15 is 0 Å². The van der Waals surface area contributed by atoms with Gasteiger partial charge in [0.2, 0.25) is 6.29 Å². The first-order valence-corrected chi connectivity index (χ1v) is 7.63. The Hall–Kier alpha value is -0.610. The molecule has 19 heavy (non-hydrogen) atoms. The Bertz CT molecular complexity index is 216. The molecule has 0 saturated carbocycles. The van der Waals surface area contributed by atoms with Gasteiger partial charge in [-0.2, -0.15) is 0 Å². The lowest BCUT2D eigenvalue weighted by molar-refractivity contribution is -0.184. The zero-order valence-corrected chi connectivity index (χ0v) is 12.4. The average molecular weight is 274 g/mol. The van der Waals surface area contributed by atoms with E-state index in [1.54, 1.807) is 0 Å². The van der Waals surface area contributed by atoms with Gasteiger partial charge >= 0.3 is 5.97 Å². The second kappa shape index (κ2) is 12.4. The van der Waals surface area contributed by atoms with Crippen molar-refractivity contribution in [1.82, 2.24) is 0 Å². The van der Waals surface area contributed by atoms with Gasteiger partial charge in [0.25, 0.3) is 0 Å². The average Bonchev–Trinajstić information content (AvgIpc) is 2.36. The number of hydrogen-bond donors (Lipinski definition) is 2. The molecular weight excluding hydrogens is 244 g/mol. The summed E-state index contributed by atoms with van der Waals surface area (Å²) in [6.45, 7) is 3.60. The highest BCUT2D eigenvalue weighted by molar-refractivity contribution is 5.69. The van der Waals surface area contributed by atoms with Crippen LogP contribution in [0.1, 0.15) is 78.1 Å². The van der Waals surface area contributed by atoms with Gasteiger partial charge in [0.1, 0.15) is 6.10 Å². The summed E-state index contributed by atoms with van der Waals surface area (Å²) >= 11 is 0. The van der Waals surface area contributed by atoms with Gasteiger partial charge < -0.3 is 14.9 Å². The molecule has 2 N–H and O–H groups in total. The fraction of sp³-hybridized carbons (Fsp3) is 0.933. The van der Waals surface area contributed by atoms with Crippen LogP contribution in [-0.2, 0) is 9.53 Å². The highest BCUT2D eigenvalue weighted by atomic mass is 16.6. The summed E-state index contributed by atoms with van der Waals surface area (Å²) in [5.41, 5.74) is 0. The SMILES string of the molecule is CCCCCCCCCCCC(=O)OC(O)C(C)O. The Morgan fingerprint density at radius 3 is 1.89 bits per heavy atom. The number of aliphatic hydroxyl groups is 2.